The Labute approximate surface area is 349 Å². The summed E-state index contributed by atoms with van der Waals surface area (Å²) < 4.78 is 0. The van der Waals surface area contributed by atoms with E-state index in [-0.39, 0.29) is 32.5 Å². The van der Waals surface area contributed by atoms with Crippen molar-refractivity contribution in [2.75, 3.05) is 0 Å². The lowest BCUT2D eigenvalue weighted by molar-refractivity contribution is 0.580. The number of benzene rings is 7. The summed E-state index contributed by atoms with van der Waals surface area (Å²) in [6, 6.07) is 39.1. The third kappa shape index (κ3) is 5.68. The zero-order valence-corrected chi connectivity index (χ0v) is 38.2. The predicted octanol–water partition coefficient (Wildman–Crippen LogP) is 16.6. The zero-order valence-electron chi connectivity index (χ0n) is 38.2. The van der Waals surface area contributed by atoms with Gasteiger partial charge in [0.25, 0.3) is 0 Å². The lowest BCUT2D eigenvalue weighted by Gasteiger charge is -2.27. The highest BCUT2D eigenvalue weighted by Gasteiger charge is 2.40. The van der Waals surface area contributed by atoms with Crippen molar-refractivity contribution in [2.45, 2.75) is 143 Å². The van der Waals surface area contributed by atoms with Crippen molar-refractivity contribution < 1.29 is 0 Å². The summed E-state index contributed by atoms with van der Waals surface area (Å²) >= 11 is 0. The summed E-state index contributed by atoms with van der Waals surface area (Å²) in [7, 11) is 0. The largest absolute Gasteiger partial charge is 0.0610 e. The summed E-state index contributed by atoms with van der Waals surface area (Å²) in [6.07, 6.45) is 0. The molecule has 0 heterocycles. The molecule has 0 aromatic heterocycles. The molecule has 0 spiro atoms. The maximum atomic E-state index is 2.53. The van der Waals surface area contributed by atoms with E-state index in [4.69, 9.17) is 0 Å². The van der Waals surface area contributed by atoms with Gasteiger partial charge in [-0.3, -0.25) is 0 Å². The standard InChI is InChI=1S/C58H64/c1-53(2,3)36-21-23-41-46(29-36)57(13,14)47-30-37(54(4,5)6)26-42(50(41)47)35-19-17-18-33(24-35)34-20-22-40-43(25-34)45-28-39(56(10,11)12)32-49-52(45)51-44(40)27-38(55(7,8)9)31-48(51)58(49,15)16/h17-32H,1-16H3. The van der Waals surface area contributed by atoms with Gasteiger partial charge in [0.15, 0.2) is 0 Å². The van der Waals surface area contributed by atoms with Gasteiger partial charge in [-0.05, 0) is 162 Å². The Balaban J connectivity index is 1.30. The highest BCUT2D eigenvalue weighted by molar-refractivity contribution is 6.29. The molecule has 7 aromatic rings. The van der Waals surface area contributed by atoms with Crippen LogP contribution in [0.1, 0.15) is 155 Å². The molecule has 7 aromatic carbocycles. The van der Waals surface area contributed by atoms with E-state index >= 15 is 0 Å². The molecule has 0 bridgehead atoms. The molecule has 2 aliphatic carbocycles. The Morgan fingerprint density at radius 1 is 0.328 bits per heavy atom. The van der Waals surface area contributed by atoms with E-state index < -0.39 is 0 Å². The quantitative estimate of drug-likeness (QED) is 0.154. The Bertz CT molecular complexity index is 2890. The van der Waals surface area contributed by atoms with Gasteiger partial charge in [-0.15, -0.1) is 0 Å². The minimum Gasteiger partial charge on any atom is -0.0610 e. The molecular weight excluding hydrogens is 697 g/mol. The first-order chi connectivity index (χ1) is 26.8. The monoisotopic (exact) mass is 761 g/mol. The molecule has 0 fully saturated rings. The minimum atomic E-state index is -0.0997. The summed E-state index contributed by atoms with van der Waals surface area (Å²) in [4.78, 5) is 0. The molecule has 296 valence electrons. The molecule has 0 saturated heterocycles. The molecule has 9 rings (SSSR count). The maximum absolute atomic E-state index is 2.53. The molecule has 0 amide bonds. The Morgan fingerprint density at radius 3 is 1.36 bits per heavy atom. The Kier molecular flexibility index (Phi) is 8.01. The van der Waals surface area contributed by atoms with Crippen LogP contribution in [-0.4, -0.2) is 0 Å². The zero-order chi connectivity index (χ0) is 41.9. The molecule has 0 radical (unpaired) electrons. The molecular formula is C58H64. The van der Waals surface area contributed by atoms with Gasteiger partial charge in [-0.25, -0.2) is 0 Å². The van der Waals surface area contributed by atoms with Crippen LogP contribution in [0.2, 0.25) is 0 Å². The van der Waals surface area contributed by atoms with E-state index in [0.717, 1.165) is 0 Å². The third-order valence-electron chi connectivity index (χ3n) is 14.2. The first kappa shape index (κ1) is 38.8. The molecule has 0 atom stereocenters. The Morgan fingerprint density at radius 2 is 0.793 bits per heavy atom. The van der Waals surface area contributed by atoms with Crippen LogP contribution in [0.5, 0.6) is 0 Å². The van der Waals surface area contributed by atoms with E-state index in [0.29, 0.717) is 0 Å². The maximum Gasteiger partial charge on any atom is 0.0159 e. The van der Waals surface area contributed by atoms with Crippen molar-refractivity contribution in [3.8, 4) is 33.4 Å². The van der Waals surface area contributed by atoms with Crippen molar-refractivity contribution in [3.05, 3.63) is 142 Å². The normalized spacial score (nSPS) is 15.9. The minimum absolute atomic E-state index is 0.0146. The van der Waals surface area contributed by atoms with Gasteiger partial charge in [0.1, 0.15) is 0 Å². The van der Waals surface area contributed by atoms with E-state index in [1.807, 2.05) is 0 Å². The SMILES string of the molecule is CC(C)(C)c1ccc2c(c1)C(C)(C)c1cc(C(C)(C)C)cc(-c3cccc(-c4ccc5c(c4)c4cc(C(C)(C)C)cc6c4c4c(cc(C(C)(C)C)cc54)C6(C)C)c3)c1-2. The molecule has 0 N–H and O–H groups in total. The van der Waals surface area contributed by atoms with Crippen molar-refractivity contribution in [1.29, 1.82) is 0 Å². The predicted molar refractivity (Wildman–Crippen MR) is 254 cm³/mol. The van der Waals surface area contributed by atoms with E-state index in [9.17, 15) is 0 Å². The average Bonchev–Trinajstić information content (AvgIpc) is 3.51. The van der Waals surface area contributed by atoms with Gasteiger partial charge in [0.05, 0.1) is 0 Å². The van der Waals surface area contributed by atoms with Crippen LogP contribution in [0.25, 0.3) is 65.7 Å². The van der Waals surface area contributed by atoms with Crippen molar-refractivity contribution in [1.82, 2.24) is 0 Å². The molecule has 0 aliphatic heterocycles. The summed E-state index contributed by atoms with van der Waals surface area (Å²) in [5.41, 5.74) is 19.4. The Hall–Kier alpha value is -4.68. The first-order valence-corrected chi connectivity index (χ1v) is 21.8. The highest BCUT2D eigenvalue weighted by Crippen LogP contribution is 2.56. The van der Waals surface area contributed by atoms with Gasteiger partial charge < -0.3 is 0 Å². The van der Waals surface area contributed by atoms with E-state index in [1.54, 1.807) is 0 Å². The fourth-order valence-corrected chi connectivity index (χ4v) is 10.3. The van der Waals surface area contributed by atoms with Crippen LogP contribution in [-0.2, 0) is 32.5 Å². The lowest BCUT2D eigenvalue weighted by atomic mass is 9.76. The number of rotatable bonds is 2. The van der Waals surface area contributed by atoms with Crippen LogP contribution in [0.3, 0.4) is 0 Å². The third-order valence-corrected chi connectivity index (χ3v) is 14.2. The smallest absolute Gasteiger partial charge is 0.0159 e. The number of fused-ring (bicyclic) bond motifs is 6. The lowest BCUT2D eigenvalue weighted by Crippen LogP contribution is -2.19. The number of hydrogen-bond acceptors (Lipinski definition) is 0. The van der Waals surface area contributed by atoms with Crippen molar-refractivity contribution in [2.24, 2.45) is 0 Å². The molecule has 0 unspecified atom stereocenters. The molecule has 0 saturated carbocycles. The van der Waals surface area contributed by atoms with Crippen molar-refractivity contribution in [3.63, 3.8) is 0 Å². The second-order valence-corrected chi connectivity index (χ2v) is 23.2. The topological polar surface area (TPSA) is 0 Å². The summed E-state index contributed by atoms with van der Waals surface area (Å²) in [5, 5.41) is 8.40. The first-order valence-electron chi connectivity index (χ1n) is 21.8. The van der Waals surface area contributed by atoms with Gasteiger partial charge in [0.2, 0.25) is 0 Å². The van der Waals surface area contributed by atoms with Crippen LogP contribution in [0, 0.1) is 0 Å². The molecule has 2 aliphatic rings. The fourth-order valence-electron chi connectivity index (χ4n) is 10.3. The summed E-state index contributed by atoms with van der Waals surface area (Å²) in [6.45, 7) is 38.0. The van der Waals surface area contributed by atoms with Gasteiger partial charge >= 0.3 is 0 Å². The van der Waals surface area contributed by atoms with Crippen molar-refractivity contribution >= 4 is 32.3 Å². The molecule has 0 nitrogen and oxygen atoms in total. The van der Waals surface area contributed by atoms with Gasteiger partial charge in [-0.1, -0.05) is 178 Å². The van der Waals surface area contributed by atoms with E-state index in [2.05, 4.69) is 208 Å². The second kappa shape index (κ2) is 12.0. The van der Waals surface area contributed by atoms with Crippen LogP contribution >= 0.6 is 0 Å². The van der Waals surface area contributed by atoms with Crippen LogP contribution in [0.15, 0.2) is 97.1 Å². The van der Waals surface area contributed by atoms with Crippen LogP contribution < -0.4 is 0 Å². The summed E-state index contributed by atoms with van der Waals surface area (Å²) in [5.74, 6) is 0. The average molecular weight is 761 g/mol. The second-order valence-electron chi connectivity index (χ2n) is 23.2. The highest BCUT2D eigenvalue weighted by atomic mass is 14.4. The fraction of sp³-hybridized carbons (Fsp3) is 0.379. The molecule has 0 heteroatoms. The van der Waals surface area contributed by atoms with Crippen LogP contribution in [0.4, 0.5) is 0 Å². The molecule has 58 heavy (non-hydrogen) atoms. The van der Waals surface area contributed by atoms with Gasteiger partial charge in [-0.2, -0.15) is 0 Å². The van der Waals surface area contributed by atoms with E-state index in [1.165, 1.54) is 110 Å². The van der Waals surface area contributed by atoms with Gasteiger partial charge in [0, 0.05) is 10.8 Å². The number of hydrogen-bond donors (Lipinski definition) is 0.